The van der Waals surface area contributed by atoms with Gasteiger partial charge in [-0.15, -0.1) is 0 Å². The average Bonchev–Trinajstić information content (AvgIpc) is 3.98. The molecule has 8 aromatic rings. The number of furan rings is 2. The summed E-state index contributed by atoms with van der Waals surface area (Å²) < 4.78 is 51.2. The number of halogens is 3. The number of nitrogens with zero attached hydrogens (tertiary/aromatic N) is 6. The molecule has 53 heavy (non-hydrogen) atoms. The van der Waals surface area contributed by atoms with Gasteiger partial charge in [0.2, 0.25) is 0 Å². The average molecular weight is 784 g/mol. The number of aryl methyl sites for hydroxylation is 2. The number of carbonyl (C=O) groups excluding carboxylic acids is 1. The summed E-state index contributed by atoms with van der Waals surface area (Å²) in [6, 6.07) is 16.3. The molecule has 0 aliphatic heterocycles. The number of benzene rings is 2. The van der Waals surface area contributed by atoms with Gasteiger partial charge in [-0.3, -0.25) is 19.0 Å². The van der Waals surface area contributed by atoms with Crippen molar-refractivity contribution in [2.24, 2.45) is 14.1 Å². The van der Waals surface area contributed by atoms with E-state index in [0.717, 1.165) is 0 Å². The molecule has 12 nitrogen and oxygen atoms in total. The van der Waals surface area contributed by atoms with E-state index in [1.165, 1.54) is 53.2 Å². The van der Waals surface area contributed by atoms with Crippen LogP contribution >= 0.6 is 15.9 Å². The minimum absolute atomic E-state index is 0.0434. The number of pyridine rings is 2. The normalized spacial score (nSPS) is 11.2. The van der Waals surface area contributed by atoms with Crippen molar-refractivity contribution in [3.63, 3.8) is 0 Å². The standard InChI is InChI=1S/C20H16FN3O4.C18H13BrFN3O2/c1-23-7-5-17(22-23)12-3-4-13(16(21)9-12)10-24-11-15(20(26)27-2)18-14(19(24)25)6-8-28-18;1-22-6-4-16(21-22)11-2-3-12(15(20)8-11)9-23-10-14(19)17-13(18(23)24)5-7-25-17/h3-9,11H,10H2,1-2H3;2-8,10H,9H2,1H3. The maximum Gasteiger partial charge on any atom is 0.343 e. The Kier molecular flexibility index (Phi) is 9.49. The lowest BCUT2D eigenvalue weighted by atomic mass is 10.1. The second-order valence-electron chi connectivity index (χ2n) is 12.1. The van der Waals surface area contributed by atoms with Crippen LogP contribution in [0.3, 0.4) is 0 Å². The Hall–Kier alpha value is -6.35. The number of hydrogen-bond acceptors (Lipinski definition) is 8. The molecule has 268 valence electrons. The van der Waals surface area contributed by atoms with E-state index in [2.05, 4.69) is 26.1 Å². The van der Waals surface area contributed by atoms with Gasteiger partial charge in [0.1, 0.15) is 17.2 Å². The van der Waals surface area contributed by atoms with E-state index in [1.807, 2.05) is 13.1 Å². The lowest BCUT2D eigenvalue weighted by Crippen LogP contribution is -2.22. The van der Waals surface area contributed by atoms with Gasteiger partial charge in [-0.1, -0.05) is 24.3 Å². The van der Waals surface area contributed by atoms with Crippen molar-refractivity contribution in [1.82, 2.24) is 28.7 Å². The molecule has 0 N–H and O–H groups in total. The molecule has 0 saturated carbocycles. The van der Waals surface area contributed by atoms with Crippen LogP contribution in [-0.4, -0.2) is 41.8 Å². The van der Waals surface area contributed by atoms with Crippen molar-refractivity contribution in [2.75, 3.05) is 7.11 Å². The zero-order chi connectivity index (χ0) is 37.4. The predicted octanol–water partition coefficient (Wildman–Crippen LogP) is 6.91. The van der Waals surface area contributed by atoms with Crippen molar-refractivity contribution in [3.05, 3.63) is 151 Å². The molecule has 0 fully saturated rings. The van der Waals surface area contributed by atoms with E-state index >= 15 is 0 Å². The molecule has 2 aromatic carbocycles. The largest absolute Gasteiger partial charge is 0.465 e. The van der Waals surface area contributed by atoms with Crippen molar-refractivity contribution in [1.29, 1.82) is 0 Å². The molecular weight excluding hydrogens is 754 g/mol. The third-order valence-electron chi connectivity index (χ3n) is 8.54. The van der Waals surface area contributed by atoms with Crippen LogP contribution in [0, 0.1) is 11.6 Å². The van der Waals surface area contributed by atoms with Crippen LogP contribution in [0.2, 0.25) is 0 Å². The second-order valence-corrected chi connectivity index (χ2v) is 12.9. The Morgan fingerprint density at radius 3 is 1.70 bits per heavy atom. The van der Waals surface area contributed by atoms with Gasteiger partial charge in [0.25, 0.3) is 11.1 Å². The van der Waals surface area contributed by atoms with Gasteiger partial charge in [0, 0.05) is 61.1 Å². The van der Waals surface area contributed by atoms with Gasteiger partial charge in [0.05, 0.1) is 59.4 Å². The summed E-state index contributed by atoms with van der Waals surface area (Å²) in [4.78, 5) is 37.2. The summed E-state index contributed by atoms with van der Waals surface area (Å²) in [5.41, 5.74) is 3.56. The number of hydrogen-bond donors (Lipinski definition) is 0. The highest BCUT2D eigenvalue weighted by Crippen LogP contribution is 2.25. The highest BCUT2D eigenvalue weighted by atomic mass is 79.9. The highest BCUT2D eigenvalue weighted by molar-refractivity contribution is 9.10. The first-order chi connectivity index (χ1) is 25.5. The van der Waals surface area contributed by atoms with E-state index in [9.17, 15) is 23.2 Å². The van der Waals surface area contributed by atoms with Crippen LogP contribution < -0.4 is 11.1 Å². The van der Waals surface area contributed by atoms with Crippen LogP contribution in [-0.2, 0) is 31.9 Å². The summed E-state index contributed by atoms with van der Waals surface area (Å²) >= 11 is 3.38. The Labute approximate surface area is 307 Å². The number of fused-ring (bicyclic) bond motifs is 2. The summed E-state index contributed by atoms with van der Waals surface area (Å²) in [6.07, 6.45) is 9.30. The summed E-state index contributed by atoms with van der Waals surface area (Å²) in [7, 11) is 4.83. The smallest absolute Gasteiger partial charge is 0.343 e. The van der Waals surface area contributed by atoms with E-state index in [4.69, 9.17) is 13.6 Å². The first-order valence-electron chi connectivity index (χ1n) is 16.0. The third kappa shape index (κ3) is 6.98. The molecule has 6 aromatic heterocycles. The fourth-order valence-corrected chi connectivity index (χ4v) is 6.40. The Morgan fingerprint density at radius 1 is 0.736 bits per heavy atom. The molecule has 0 spiro atoms. The van der Waals surface area contributed by atoms with E-state index in [-0.39, 0.29) is 46.6 Å². The van der Waals surface area contributed by atoms with E-state index in [1.54, 1.807) is 71.4 Å². The number of ether oxygens (including phenoxy) is 1. The SMILES string of the molecule is COC(=O)c1cn(Cc2ccc(-c3ccn(C)n3)cc2F)c(=O)c2ccoc12.Cn1ccc(-c2ccc(Cn3cc(Br)c4occc4c3=O)c(F)c2)n1. The van der Waals surface area contributed by atoms with E-state index in [0.29, 0.717) is 49.1 Å². The molecule has 0 atom stereocenters. The third-order valence-corrected chi connectivity index (χ3v) is 9.11. The van der Waals surface area contributed by atoms with Gasteiger partial charge in [0.15, 0.2) is 11.2 Å². The monoisotopic (exact) mass is 782 g/mol. The molecule has 15 heteroatoms. The summed E-state index contributed by atoms with van der Waals surface area (Å²) in [5, 5.41) is 9.21. The first-order valence-corrected chi connectivity index (χ1v) is 16.8. The molecule has 0 bridgehead atoms. The van der Waals surface area contributed by atoms with Gasteiger partial charge >= 0.3 is 5.97 Å². The summed E-state index contributed by atoms with van der Waals surface area (Å²) in [6.45, 7) is 0.0885. The van der Waals surface area contributed by atoms with Crippen LogP contribution in [0.15, 0.2) is 121 Å². The van der Waals surface area contributed by atoms with Crippen molar-refractivity contribution in [2.45, 2.75) is 13.1 Å². The van der Waals surface area contributed by atoms with Crippen LogP contribution in [0.4, 0.5) is 8.78 Å². The first kappa shape index (κ1) is 35.1. The Bertz CT molecular complexity index is 2770. The second kappa shape index (κ2) is 14.3. The number of carbonyl (C=O) groups is 1. The van der Waals surface area contributed by atoms with Crippen molar-refractivity contribution < 1.29 is 27.1 Å². The van der Waals surface area contributed by atoms with Gasteiger partial charge in [-0.05, 0) is 52.3 Å². The van der Waals surface area contributed by atoms with Crippen molar-refractivity contribution in [3.8, 4) is 22.5 Å². The number of esters is 1. The van der Waals surface area contributed by atoms with Gasteiger partial charge < -0.3 is 22.7 Å². The zero-order valence-electron chi connectivity index (χ0n) is 28.4. The molecule has 0 unspecified atom stereocenters. The minimum atomic E-state index is -0.639. The summed E-state index contributed by atoms with van der Waals surface area (Å²) in [5.74, 6) is -1.49. The van der Waals surface area contributed by atoms with Crippen LogP contribution in [0.1, 0.15) is 21.5 Å². The molecule has 0 saturated heterocycles. The molecule has 8 rings (SSSR count). The van der Waals surface area contributed by atoms with E-state index < -0.39 is 11.8 Å². The number of rotatable bonds is 7. The zero-order valence-corrected chi connectivity index (χ0v) is 30.0. The lowest BCUT2D eigenvalue weighted by Gasteiger charge is -2.10. The molecule has 0 radical (unpaired) electrons. The topological polar surface area (TPSA) is 132 Å². The van der Waals surface area contributed by atoms with Crippen LogP contribution in [0.5, 0.6) is 0 Å². The fourth-order valence-electron chi connectivity index (χ4n) is 5.85. The number of methoxy groups -OCH3 is 1. The number of aromatic nitrogens is 6. The predicted molar refractivity (Wildman–Crippen MR) is 195 cm³/mol. The molecular formula is C38H29BrF2N6O6. The Balaban J connectivity index is 0.000000165. The van der Waals surface area contributed by atoms with Gasteiger partial charge in [-0.2, -0.15) is 10.2 Å². The quantitative estimate of drug-likeness (QED) is 0.159. The molecule has 0 aliphatic rings. The molecule has 0 aliphatic carbocycles. The fraction of sp³-hybridized carbons (Fsp3) is 0.132. The van der Waals surface area contributed by atoms with Gasteiger partial charge in [-0.25, -0.2) is 13.6 Å². The maximum atomic E-state index is 14.7. The lowest BCUT2D eigenvalue weighted by molar-refractivity contribution is 0.0600. The highest BCUT2D eigenvalue weighted by Gasteiger charge is 2.19. The van der Waals surface area contributed by atoms with Crippen LogP contribution in [0.25, 0.3) is 44.5 Å². The minimum Gasteiger partial charge on any atom is -0.465 e. The molecule has 6 heterocycles. The Morgan fingerprint density at radius 2 is 1.23 bits per heavy atom. The van der Waals surface area contributed by atoms with Crippen molar-refractivity contribution >= 4 is 43.8 Å². The maximum absolute atomic E-state index is 14.7. The molecule has 0 amide bonds.